The molecule has 1 aromatic heterocycles. The van der Waals surface area contributed by atoms with E-state index in [1.165, 1.54) is 11.3 Å². The van der Waals surface area contributed by atoms with E-state index in [2.05, 4.69) is 22.0 Å². The van der Waals surface area contributed by atoms with Gasteiger partial charge in [0.25, 0.3) is 0 Å². The lowest BCUT2D eigenvalue weighted by Crippen LogP contribution is -1.74. The average molecular weight is 268 g/mol. The van der Waals surface area contributed by atoms with Gasteiger partial charge in [0.15, 0.2) is 0 Å². The smallest absolute Gasteiger partial charge is 0.133 e. The maximum absolute atomic E-state index is 9.59. The first-order valence-corrected chi connectivity index (χ1v) is 5.90. The van der Waals surface area contributed by atoms with Crippen LogP contribution in [0.2, 0.25) is 0 Å². The van der Waals surface area contributed by atoms with Gasteiger partial charge < -0.3 is 5.11 Å². The van der Waals surface area contributed by atoms with Crippen molar-refractivity contribution < 1.29 is 5.11 Å². The van der Waals surface area contributed by atoms with Crippen LogP contribution in [0.5, 0.6) is 5.75 Å². The second kappa shape index (κ2) is 3.60. The predicted octanol–water partition coefficient (Wildman–Crippen LogP) is 3.37. The monoisotopic (exact) mass is 267 g/mol. The predicted molar refractivity (Wildman–Crippen MR) is 60.8 cm³/mol. The topological polar surface area (TPSA) is 44.0 Å². The maximum atomic E-state index is 9.59. The molecule has 0 spiro atoms. The van der Waals surface area contributed by atoms with Gasteiger partial charge in [0.1, 0.15) is 5.75 Å². The molecule has 0 aliphatic carbocycles. The molecule has 0 bridgehead atoms. The van der Waals surface area contributed by atoms with Gasteiger partial charge in [-0.05, 0) is 18.2 Å². The molecule has 4 heteroatoms. The summed E-state index contributed by atoms with van der Waals surface area (Å²) < 4.78 is 0.790. The standard InChI is InChI=1S/C10H6BrNOS/c11-4-7-3-8-6(5-12)1-2-9(13)10(8)14-7/h1-3,13H,4H2. The summed E-state index contributed by atoms with van der Waals surface area (Å²) in [5.74, 6) is 0.246. The van der Waals surface area contributed by atoms with Crippen molar-refractivity contribution in [3.8, 4) is 11.8 Å². The van der Waals surface area contributed by atoms with Crippen LogP contribution in [-0.4, -0.2) is 5.11 Å². The lowest BCUT2D eigenvalue weighted by molar-refractivity contribution is 0.482. The Morgan fingerprint density at radius 3 is 2.93 bits per heavy atom. The molecule has 0 saturated heterocycles. The SMILES string of the molecule is N#Cc1ccc(O)c2sc(CBr)cc12. The van der Waals surface area contributed by atoms with Crippen LogP contribution in [0.1, 0.15) is 10.4 Å². The van der Waals surface area contributed by atoms with Crippen LogP contribution in [0.4, 0.5) is 0 Å². The molecule has 0 radical (unpaired) electrons. The number of aromatic hydroxyl groups is 1. The molecule has 0 aliphatic heterocycles. The summed E-state index contributed by atoms with van der Waals surface area (Å²) in [6, 6.07) is 7.26. The van der Waals surface area contributed by atoms with Gasteiger partial charge in [-0.3, -0.25) is 0 Å². The number of phenolic OH excluding ortho intramolecular Hbond substituents is 1. The van der Waals surface area contributed by atoms with Gasteiger partial charge in [-0.25, -0.2) is 0 Å². The van der Waals surface area contributed by atoms with E-state index in [1.807, 2.05) is 6.07 Å². The molecule has 0 amide bonds. The van der Waals surface area contributed by atoms with E-state index in [0.717, 1.165) is 20.3 Å². The minimum absolute atomic E-state index is 0.246. The van der Waals surface area contributed by atoms with Crippen molar-refractivity contribution in [1.29, 1.82) is 5.26 Å². The molecule has 2 rings (SSSR count). The second-order valence-electron chi connectivity index (χ2n) is 2.83. The van der Waals surface area contributed by atoms with Gasteiger partial charge in [0.05, 0.1) is 16.3 Å². The summed E-state index contributed by atoms with van der Waals surface area (Å²) >= 11 is 4.86. The first kappa shape index (κ1) is 9.50. The Hall–Kier alpha value is -1.05. The van der Waals surface area contributed by atoms with Crippen molar-refractivity contribution in [3.05, 3.63) is 28.6 Å². The molecule has 0 atom stereocenters. The molecule has 0 unspecified atom stereocenters. The lowest BCUT2D eigenvalue weighted by Gasteiger charge is -1.94. The number of hydrogen-bond donors (Lipinski definition) is 1. The van der Waals surface area contributed by atoms with Gasteiger partial charge in [-0.1, -0.05) is 15.9 Å². The molecule has 2 nitrogen and oxygen atoms in total. The second-order valence-corrected chi connectivity index (χ2v) is 4.53. The first-order valence-electron chi connectivity index (χ1n) is 3.96. The van der Waals surface area contributed by atoms with Gasteiger partial charge in [0, 0.05) is 15.6 Å². The first-order chi connectivity index (χ1) is 6.76. The van der Waals surface area contributed by atoms with E-state index in [-0.39, 0.29) is 5.75 Å². The number of fused-ring (bicyclic) bond motifs is 1. The fourth-order valence-corrected chi connectivity index (χ4v) is 2.77. The molecule has 0 fully saturated rings. The zero-order valence-electron chi connectivity index (χ0n) is 7.12. The molecule has 2 aromatic rings. The molecule has 0 aliphatic rings. The van der Waals surface area contributed by atoms with Crippen molar-refractivity contribution in [2.24, 2.45) is 0 Å². The fraction of sp³-hybridized carbons (Fsp3) is 0.100. The third kappa shape index (κ3) is 1.39. The number of nitrogens with zero attached hydrogens (tertiary/aromatic N) is 1. The van der Waals surface area contributed by atoms with Crippen molar-refractivity contribution in [2.75, 3.05) is 0 Å². The maximum Gasteiger partial charge on any atom is 0.133 e. The minimum Gasteiger partial charge on any atom is -0.506 e. The van der Waals surface area contributed by atoms with Gasteiger partial charge in [-0.15, -0.1) is 11.3 Å². The molecular formula is C10H6BrNOS. The van der Waals surface area contributed by atoms with Crippen molar-refractivity contribution >= 4 is 37.4 Å². The Bertz CT molecular complexity index is 527. The molecular weight excluding hydrogens is 262 g/mol. The summed E-state index contributed by atoms with van der Waals surface area (Å²) in [6.45, 7) is 0. The zero-order valence-corrected chi connectivity index (χ0v) is 9.52. The summed E-state index contributed by atoms with van der Waals surface area (Å²) in [5.41, 5.74) is 0.612. The highest BCUT2D eigenvalue weighted by Gasteiger charge is 2.08. The fourth-order valence-electron chi connectivity index (χ4n) is 1.32. The van der Waals surface area contributed by atoms with Crippen LogP contribution in [0.25, 0.3) is 10.1 Å². The highest BCUT2D eigenvalue weighted by atomic mass is 79.9. The highest BCUT2D eigenvalue weighted by Crippen LogP contribution is 2.35. The Labute approximate surface area is 93.5 Å². The molecule has 1 aromatic carbocycles. The van der Waals surface area contributed by atoms with Crippen molar-refractivity contribution in [1.82, 2.24) is 0 Å². The zero-order chi connectivity index (χ0) is 10.1. The molecule has 1 N–H and O–H groups in total. The molecule has 0 saturated carbocycles. The summed E-state index contributed by atoms with van der Waals surface area (Å²) in [6.07, 6.45) is 0. The highest BCUT2D eigenvalue weighted by molar-refractivity contribution is 9.08. The van der Waals surface area contributed by atoms with E-state index >= 15 is 0 Å². The normalized spacial score (nSPS) is 10.3. The Morgan fingerprint density at radius 1 is 1.50 bits per heavy atom. The number of alkyl halides is 1. The van der Waals surface area contributed by atoms with Gasteiger partial charge >= 0.3 is 0 Å². The number of halogens is 1. The van der Waals surface area contributed by atoms with Gasteiger partial charge in [0.2, 0.25) is 0 Å². The third-order valence-electron chi connectivity index (χ3n) is 1.97. The average Bonchev–Trinajstić information content (AvgIpc) is 2.63. The minimum atomic E-state index is 0.246. The quantitative estimate of drug-likeness (QED) is 0.806. The lowest BCUT2D eigenvalue weighted by atomic mass is 10.1. The largest absolute Gasteiger partial charge is 0.506 e. The van der Waals surface area contributed by atoms with Crippen LogP contribution in [-0.2, 0) is 5.33 Å². The number of phenols is 1. The molecule has 14 heavy (non-hydrogen) atoms. The Morgan fingerprint density at radius 2 is 2.29 bits per heavy atom. The summed E-state index contributed by atoms with van der Waals surface area (Å²) in [5, 5.41) is 20.0. The Balaban J connectivity index is 2.83. The van der Waals surface area contributed by atoms with Crippen LogP contribution in [0.3, 0.4) is 0 Å². The van der Waals surface area contributed by atoms with E-state index in [0.29, 0.717) is 5.56 Å². The number of thiophene rings is 1. The van der Waals surface area contributed by atoms with Crippen LogP contribution < -0.4 is 0 Å². The van der Waals surface area contributed by atoms with Crippen molar-refractivity contribution in [3.63, 3.8) is 0 Å². The number of nitriles is 1. The third-order valence-corrected chi connectivity index (χ3v) is 4.10. The van der Waals surface area contributed by atoms with Crippen LogP contribution >= 0.6 is 27.3 Å². The van der Waals surface area contributed by atoms with Crippen LogP contribution in [0, 0.1) is 11.3 Å². The van der Waals surface area contributed by atoms with Crippen molar-refractivity contribution in [2.45, 2.75) is 5.33 Å². The van der Waals surface area contributed by atoms with Gasteiger partial charge in [-0.2, -0.15) is 5.26 Å². The number of benzene rings is 1. The van der Waals surface area contributed by atoms with E-state index < -0.39 is 0 Å². The Kier molecular flexibility index (Phi) is 2.44. The number of hydrogen-bond acceptors (Lipinski definition) is 3. The number of rotatable bonds is 1. The van der Waals surface area contributed by atoms with E-state index in [9.17, 15) is 5.11 Å². The summed E-state index contributed by atoms with van der Waals surface area (Å²) in [7, 11) is 0. The molecule has 70 valence electrons. The molecule has 1 heterocycles. The van der Waals surface area contributed by atoms with E-state index in [4.69, 9.17) is 5.26 Å². The van der Waals surface area contributed by atoms with Crippen LogP contribution in [0.15, 0.2) is 18.2 Å². The van der Waals surface area contributed by atoms with E-state index in [1.54, 1.807) is 12.1 Å². The summed E-state index contributed by atoms with van der Waals surface area (Å²) in [4.78, 5) is 1.11.